The summed E-state index contributed by atoms with van der Waals surface area (Å²) in [7, 11) is 0. The molecule has 1 aliphatic heterocycles. The summed E-state index contributed by atoms with van der Waals surface area (Å²) < 4.78 is 0. The first-order valence-electron chi connectivity index (χ1n) is 4.70. The Kier molecular flexibility index (Phi) is 2.47. The highest BCUT2D eigenvalue weighted by Gasteiger charge is 2.29. The lowest BCUT2D eigenvalue weighted by Crippen LogP contribution is -2.31. The fourth-order valence-corrected chi connectivity index (χ4v) is 1.76. The first-order valence-corrected chi connectivity index (χ1v) is 4.70. The Balaban J connectivity index is 2.26. The van der Waals surface area contributed by atoms with E-state index in [1.807, 2.05) is 0 Å². The standard InChI is InChI=1S/C10H12N2O3/c13-8-3-1-2-7(6-8)9-11-4-5-12(9)10(14)15/h1-3,6,9,11,13H,4-5H2,(H,14,15). The molecule has 1 unspecified atom stereocenters. The average molecular weight is 208 g/mol. The number of phenols is 1. The Labute approximate surface area is 86.9 Å². The van der Waals surface area contributed by atoms with Crippen molar-refractivity contribution in [2.24, 2.45) is 0 Å². The SMILES string of the molecule is O=C(O)N1CCNC1c1cccc(O)c1. The van der Waals surface area contributed by atoms with Crippen LogP contribution in [0.15, 0.2) is 24.3 Å². The van der Waals surface area contributed by atoms with Crippen molar-refractivity contribution in [1.82, 2.24) is 10.2 Å². The highest BCUT2D eigenvalue weighted by Crippen LogP contribution is 2.24. The zero-order chi connectivity index (χ0) is 10.8. The molecule has 1 amide bonds. The summed E-state index contributed by atoms with van der Waals surface area (Å²) in [5.74, 6) is 0.145. The van der Waals surface area contributed by atoms with Crippen LogP contribution in [0.5, 0.6) is 5.75 Å². The second kappa shape index (κ2) is 3.78. The summed E-state index contributed by atoms with van der Waals surface area (Å²) in [5.41, 5.74) is 0.759. The molecule has 0 saturated carbocycles. The van der Waals surface area contributed by atoms with E-state index in [2.05, 4.69) is 5.32 Å². The van der Waals surface area contributed by atoms with Crippen LogP contribution in [-0.2, 0) is 0 Å². The van der Waals surface area contributed by atoms with Crippen LogP contribution in [0.25, 0.3) is 0 Å². The number of phenolic OH excluding ortho intramolecular Hbond substituents is 1. The molecule has 3 N–H and O–H groups in total. The minimum absolute atomic E-state index is 0.145. The van der Waals surface area contributed by atoms with Gasteiger partial charge in [-0.2, -0.15) is 0 Å². The third-order valence-corrected chi connectivity index (χ3v) is 2.43. The molecule has 0 aromatic heterocycles. The maximum atomic E-state index is 10.9. The minimum Gasteiger partial charge on any atom is -0.508 e. The normalized spacial score (nSPS) is 20.5. The molecule has 1 atom stereocenters. The number of hydrogen-bond donors (Lipinski definition) is 3. The molecule has 1 aliphatic rings. The number of hydrogen-bond acceptors (Lipinski definition) is 3. The van der Waals surface area contributed by atoms with E-state index in [1.54, 1.807) is 24.3 Å². The van der Waals surface area contributed by atoms with Crippen molar-refractivity contribution in [3.8, 4) is 5.75 Å². The first kappa shape index (κ1) is 9.79. The predicted molar refractivity (Wildman–Crippen MR) is 53.6 cm³/mol. The molecule has 0 spiro atoms. The molecule has 80 valence electrons. The summed E-state index contributed by atoms with van der Waals surface area (Å²) in [5, 5.41) is 21.3. The molecule has 1 aromatic rings. The van der Waals surface area contributed by atoms with Crippen molar-refractivity contribution in [3.63, 3.8) is 0 Å². The van der Waals surface area contributed by atoms with Crippen molar-refractivity contribution >= 4 is 6.09 Å². The number of aromatic hydroxyl groups is 1. The Morgan fingerprint density at radius 3 is 3.00 bits per heavy atom. The fourth-order valence-electron chi connectivity index (χ4n) is 1.76. The van der Waals surface area contributed by atoms with Crippen LogP contribution < -0.4 is 5.32 Å². The van der Waals surface area contributed by atoms with Gasteiger partial charge in [0.2, 0.25) is 0 Å². The number of nitrogens with zero attached hydrogens (tertiary/aromatic N) is 1. The van der Waals surface area contributed by atoms with Crippen molar-refractivity contribution in [2.45, 2.75) is 6.17 Å². The highest BCUT2D eigenvalue weighted by atomic mass is 16.4. The number of rotatable bonds is 1. The van der Waals surface area contributed by atoms with E-state index in [9.17, 15) is 9.90 Å². The molecule has 15 heavy (non-hydrogen) atoms. The third kappa shape index (κ3) is 1.87. The quantitative estimate of drug-likeness (QED) is 0.643. The first-order chi connectivity index (χ1) is 7.18. The van der Waals surface area contributed by atoms with E-state index in [0.717, 1.165) is 5.56 Å². The summed E-state index contributed by atoms with van der Waals surface area (Å²) in [4.78, 5) is 12.2. The molecule has 2 rings (SSSR count). The molecule has 5 heteroatoms. The molecule has 1 heterocycles. The van der Waals surface area contributed by atoms with Crippen LogP contribution in [-0.4, -0.2) is 34.3 Å². The Morgan fingerprint density at radius 2 is 2.33 bits per heavy atom. The maximum absolute atomic E-state index is 10.9. The number of amides is 1. The van der Waals surface area contributed by atoms with Gasteiger partial charge in [-0.15, -0.1) is 0 Å². The maximum Gasteiger partial charge on any atom is 0.408 e. The third-order valence-electron chi connectivity index (χ3n) is 2.43. The smallest absolute Gasteiger partial charge is 0.408 e. The van der Waals surface area contributed by atoms with Crippen molar-refractivity contribution in [1.29, 1.82) is 0 Å². The second-order valence-electron chi connectivity index (χ2n) is 3.43. The van der Waals surface area contributed by atoms with E-state index in [4.69, 9.17) is 5.11 Å². The van der Waals surface area contributed by atoms with Gasteiger partial charge in [0, 0.05) is 13.1 Å². The Hall–Kier alpha value is -1.75. The Morgan fingerprint density at radius 1 is 1.53 bits per heavy atom. The van der Waals surface area contributed by atoms with Crippen LogP contribution >= 0.6 is 0 Å². The van der Waals surface area contributed by atoms with Crippen LogP contribution in [0, 0.1) is 0 Å². The summed E-state index contributed by atoms with van der Waals surface area (Å²) >= 11 is 0. The van der Waals surface area contributed by atoms with Gasteiger partial charge in [0.25, 0.3) is 0 Å². The van der Waals surface area contributed by atoms with Crippen molar-refractivity contribution < 1.29 is 15.0 Å². The summed E-state index contributed by atoms with van der Waals surface area (Å²) in [6.07, 6.45) is -1.30. The van der Waals surface area contributed by atoms with Crippen LogP contribution in [0.2, 0.25) is 0 Å². The molecule has 0 aliphatic carbocycles. The van der Waals surface area contributed by atoms with Gasteiger partial charge in [-0.05, 0) is 17.7 Å². The number of carbonyl (C=O) groups is 1. The van der Waals surface area contributed by atoms with Gasteiger partial charge in [0.05, 0.1) is 0 Å². The van der Waals surface area contributed by atoms with Crippen LogP contribution in [0.4, 0.5) is 4.79 Å². The van der Waals surface area contributed by atoms with Crippen molar-refractivity contribution in [3.05, 3.63) is 29.8 Å². The molecule has 1 fully saturated rings. The van der Waals surface area contributed by atoms with E-state index < -0.39 is 6.09 Å². The second-order valence-corrected chi connectivity index (χ2v) is 3.43. The number of benzene rings is 1. The summed E-state index contributed by atoms with van der Waals surface area (Å²) in [6, 6.07) is 6.62. The van der Waals surface area contributed by atoms with Gasteiger partial charge in [-0.1, -0.05) is 12.1 Å². The molecule has 1 aromatic carbocycles. The van der Waals surface area contributed by atoms with Crippen LogP contribution in [0.1, 0.15) is 11.7 Å². The number of carboxylic acid groups (broad SMARTS) is 1. The highest BCUT2D eigenvalue weighted by molar-refractivity contribution is 5.66. The molecular formula is C10H12N2O3. The average Bonchev–Trinajstić information content (AvgIpc) is 2.65. The zero-order valence-electron chi connectivity index (χ0n) is 8.05. The van der Waals surface area contributed by atoms with Gasteiger partial charge in [0.1, 0.15) is 11.9 Å². The van der Waals surface area contributed by atoms with Gasteiger partial charge in [0.15, 0.2) is 0 Å². The van der Waals surface area contributed by atoms with Gasteiger partial charge < -0.3 is 10.2 Å². The van der Waals surface area contributed by atoms with E-state index in [-0.39, 0.29) is 11.9 Å². The lowest BCUT2D eigenvalue weighted by molar-refractivity contribution is 0.138. The monoisotopic (exact) mass is 208 g/mol. The van der Waals surface area contributed by atoms with Crippen LogP contribution in [0.3, 0.4) is 0 Å². The minimum atomic E-state index is -0.951. The van der Waals surface area contributed by atoms with Gasteiger partial charge in [-0.3, -0.25) is 10.2 Å². The summed E-state index contributed by atoms with van der Waals surface area (Å²) in [6.45, 7) is 1.10. The van der Waals surface area contributed by atoms with Crippen molar-refractivity contribution in [2.75, 3.05) is 13.1 Å². The largest absolute Gasteiger partial charge is 0.508 e. The molecular weight excluding hydrogens is 196 g/mol. The Bertz CT molecular complexity index is 381. The molecule has 0 bridgehead atoms. The predicted octanol–water partition coefficient (Wildman–Crippen LogP) is 0.974. The van der Waals surface area contributed by atoms with E-state index >= 15 is 0 Å². The van der Waals surface area contributed by atoms with E-state index in [0.29, 0.717) is 13.1 Å². The van der Waals surface area contributed by atoms with E-state index in [1.165, 1.54) is 4.90 Å². The lowest BCUT2D eigenvalue weighted by atomic mass is 10.1. The topological polar surface area (TPSA) is 72.8 Å². The molecule has 0 radical (unpaired) electrons. The lowest BCUT2D eigenvalue weighted by Gasteiger charge is -2.21. The van der Waals surface area contributed by atoms with Gasteiger partial charge in [-0.25, -0.2) is 4.79 Å². The fraction of sp³-hybridized carbons (Fsp3) is 0.300. The molecule has 5 nitrogen and oxygen atoms in total. The molecule has 1 saturated heterocycles. The number of nitrogens with one attached hydrogen (secondary N) is 1. The zero-order valence-corrected chi connectivity index (χ0v) is 8.05. The van der Waals surface area contributed by atoms with Gasteiger partial charge >= 0.3 is 6.09 Å².